The van der Waals surface area contributed by atoms with Crippen molar-refractivity contribution in [2.45, 2.75) is 58.4 Å². The van der Waals surface area contributed by atoms with Gasteiger partial charge in [-0.15, -0.1) is 0 Å². The number of aryl methyl sites for hydroxylation is 1. The Morgan fingerprint density at radius 3 is 2.69 bits per heavy atom. The van der Waals surface area contributed by atoms with E-state index in [9.17, 15) is 9.59 Å². The number of hydrogen-bond donors (Lipinski definition) is 2. The number of rotatable bonds is 10. The van der Waals surface area contributed by atoms with Crippen LogP contribution in [0.3, 0.4) is 0 Å². The van der Waals surface area contributed by atoms with Gasteiger partial charge in [0.2, 0.25) is 0 Å². The molecular formula is C23H30ClN5O3. The lowest BCUT2D eigenvalue weighted by Crippen LogP contribution is -2.55. The van der Waals surface area contributed by atoms with Gasteiger partial charge in [0.25, 0.3) is 0 Å². The van der Waals surface area contributed by atoms with Crippen LogP contribution >= 0.6 is 11.6 Å². The van der Waals surface area contributed by atoms with Crippen LogP contribution in [-0.2, 0) is 16.8 Å². The van der Waals surface area contributed by atoms with Crippen molar-refractivity contribution in [1.29, 1.82) is 0 Å². The van der Waals surface area contributed by atoms with Crippen LogP contribution in [0.2, 0.25) is 5.02 Å². The minimum atomic E-state index is -0.944. The van der Waals surface area contributed by atoms with E-state index in [1.54, 1.807) is 6.20 Å². The summed E-state index contributed by atoms with van der Waals surface area (Å²) < 4.78 is 0. The number of amides is 2. The topological polar surface area (TPSA) is 118 Å². The fourth-order valence-corrected chi connectivity index (χ4v) is 4.64. The Morgan fingerprint density at radius 1 is 1.41 bits per heavy atom. The quantitative estimate of drug-likeness (QED) is 0.268. The standard InChI is InChI=1S/C23H30ClN5O3/c1-15(2)18-13-29(11-7-20(30)31)21(32)27-22(18,3)17-5-4-16(19(24)12-17)6-8-23(9-10-23)14-26-28-25/h4-5,12-13,15H,6-11,14H2,1-3H3,(H,27,32)(H,30,31)/t22-/m1/s1. The second-order valence-electron chi connectivity index (χ2n) is 9.33. The van der Waals surface area contributed by atoms with Gasteiger partial charge in [-0.2, -0.15) is 0 Å². The monoisotopic (exact) mass is 459 g/mol. The van der Waals surface area contributed by atoms with E-state index < -0.39 is 11.5 Å². The lowest BCUT2D eigenvalue weighted by Gasteiger charge is -2.42. The van der Waals surface area contributed by atoms with E-state index in [0.717, 1.165) is 42.4 Å². The summed E-state index contributed by atoms with van der Waals surface area (Å²) in [4.78, 5) is 28.0. The fourth-order valence-electron chi connectivity index (χ4n) is 4.37. The summed E-state index contributed by atoms with van der Waals surface area (Å²) >= 11 is 6.65. The third kappa shape index (κ3) is 5.19. The van der Waals surface area contributed by atoms with Gasteiger partial charge in [0, 0.05) is 29.2 Å². The van der Waals surface area contributed by atoms with Gasteiger partial charge in [-0.3, -0.25) is 4.79 Å². The second-order valence-corrected chi connectivity index (χ2v) is 9.73. The lowest BCUT2D eigenvalue weighted by molar-refractivity contribution is -0.137. The number of nitrogens with zero attached hydrogens (tertiary/aromatic N) is 4. The molecule has 9 heteroatoms. The number of carboxylic acids is 1. The fraction of sp³-hybridized carbons (Fsp3) is 0.565. The third-order valence-electron chi connectivity index (χ3n) is 6.66. The van der Waals surface area contributed by atoms with Crippen molar-refractivity contribution in [2.24, 2.45) is 16.4 Å². The second kappa shape index (κ2) is 9.43. The Morgan fingerprint density at radius 2 is 2.12 bits per heavy atom. The Kier molecular flexibility index (Phi) is 7.06. The van der Waals surface area contributed by atoms with Crippen LogP contribution < -0.4 is 5.32 Å². The average molecular weight is 460 g/mol. The van der Waals surface area contributed by atoms with Crippen molar-refractivity contribution in [3.63, 3.8) is 0 Å². The number of urea groups is 1. The van der Waals surface area contributed by atoms with E-state index in [4.69, 9.17) is 22.2 Å². The Balaban J connectivity index is 1.81. The zero-order chi connectivity index (χ0) is 23.5. The smallest absolute Gasteiger partial charge is 0.322 e. The highest BCUT2D eigenvalue weighted by Gasteiger charge is 2.42. The van der Waals surface area contributed by atoms with E-state index in [-0.39, 0.29) is 30.3 Å². The van der Waals surface area contributed by atoms with Gasteiger partial charge in [0.05, 0.1) is 12.0 Å². The van der Waals surface area contributed by atoms with E-state index >= 15 is 0 Å². The molecule has 1 heterocycles. The average Bonchev–Trinajstić information content (AvgIpc) is 3.50. The van der Waals surface area contributed by atoms with Gasteiger partial charge >= 0.3 is 12.0 Å². The van der Waals surface area contributed by atoms with Crippen molar-refractivity contribution in [3.8, 4) is 0 Å². The summed E-state index contributed by atoms with van der Waals surface area (Å²) in [6.07, 6.45) is 5.54. The molecule has 0 unspecified atom stereocenters. The van der Waals surface area contributed by atoms with Gasteiger partial charge in [-0.1, -0.05) is 42.7 Å². The molecule has 0 spiro atoms. The van der Waals surface area contributed by atoms with E-state index in [1.807, 2.05) is 39.0 Å². The van der Waals surface area contributed by atoms with Crippen LogP contribution in [0.15, 0.2) is 35.1 Å². The van der Waals surface area contributed by atoms with Crippen molar-refractivity contribution in [1.82, 2.24) is 10.2 Å². The molecule has 1 aliphatic heterocycles. The van der Waals surface area contributed by atoms with Crippen LogP contribution in [0.1, 0.15) is 57.6 Å². The first kappa shape index (κ1) is 24.0. The molecule has 1 saturated carbocycles. The van der Waals surface area contributed by atoms with Crippen LogP contribution in [0.4, 0.5) is 4.79 Å². The molecule has 1 aliphatic carbocycles. The highest BCUT2D eigenvalue weighted by Crippen LogP contribution is 2.50. The first-order chi connectivity index (χ1) is 15.1. The van der Waals surface area contributed by atoms with Crippen molar-refractivity contribution in [2.75, 3.05) is 13.1 Å². The molecule has 1 aromatic rings. The van der Waals surface area contributed by atoms with Gasteiger partial charge in [0.1, 0.15) is 0 Å². The van der Waals surface area contributed by atoms with Crippen molar-refractivity contribution >= 4 is 23.6 Å². The molecule has 0 saturated heterocycles. The summed E-state index contributed by atoms with van der Waals surface area (Å²) in [6, 6.07) is 5.59. The van der Waals surface area contributed by atoms with Gasteiger partial charge in [-0.05, 0) is 72.2 Å². The molecule has 1 atom stereocenters. The Labute approximate surface area is 193 Å². The number of carbonyl (C=O) groups excluding carboxylic acids is 1. The van der Waals surface area contributed by atoms with Gasteiger partial charge in [0.15, 0.2) is 0 Å². The predicted molar refractivity (Wildman–Crippen MR) is 123 cm³/mol. The Bertz CT molecular complexity index is 982. The zero-order valence-corrected chi connectivity index (χ0v) is 19.5. The molecule has 32 heavy (non-hydrogen) atoms. The number of benzene rings is 1. The number of azide groups is 1. The summed E-state index contributed by atoms with van der Waals surface area (Å²) in [5.41, 5.74) is 10.9. The largest absolute Gasteiger partial charge is 0.481 e. The zero-order valence-electron chi connectivity index (χ0n) is 18.8. The van der Waals surface area contributed by atoms with Crippen LogP contribution in [0, 0.1) is 11.3 Å². The molecule has 1 aromatic carbocycles. The van der Waals surface area contributed by atoms with Crippen LogP contribution in [-0.4, -0.2) is 35.1 Å². The number of halogens is 1. The summed E-state index contributed by atoms with van der Waals surface area (Å²) in [6.45, 7) is 6.70. The maximum absolute atomic E-state index is 12.7. The third-order valence-corrected chi connectivity index (χ3v) is 7.01. The molecule has 8 nitrogen and oxygen atoms in total. The minimum Gasteiger partial charge on any atom is -0.481 e. The molecule has 2 amide bonds. The number of nitrogens with one attached hydrogen (secondary N) is 1. The molecule has 2 N–H and O–H groups in total. The molecule has 3 rings (SSSR count). The lowest BCUT2D eigenvalue weighted by atomic mass is 9.78. The van der Waals surface area contributed by atoms with Gasteiger partial charge < -0.3 is 15.3 Å². The molecule has 1 fully saturated rings. The van der Waals surface area contributed by atoms with Crippen LogP contribution in [0.5, 0.6) is 0 Å². The van der Waals surface area contributed by atoms with E-state index in [1.165, 1.54) is 4.90 Å². The highest BCUT2D eigenvalue weighted by molar-refractivity contribution is 6.31. The van der Waals surface area contributed by atoms with Crippen LogP contribution in [0.25, 0.3) is 10.4 Å². The number of carboxylic acid groups (broad SMARTS) is 1. The number of hydrogen-bond acceptors (Lipinski definition) is 3. The number of aliphatic carboxylic acids is 1. The predicted octanol–water partition coefficient (Wildman–Crippen LogP) is 5.62. The molecule has 172 valence electrons. The minimum absolute atomic E-state index is 0.116. The van der Waals surface area contributed by atoms with Crippen molar-refractivity contribution < 1.29 is 14.7 Å². The molecule has 0 bridgehead atoms. The molecule has 0 radical (unpaired) electrons. The maximum Gasteiger partial charge on any atom is 0.322 e. The molecule has 0 aromatic heterocycles. The summed E-state index contributed by atoms with van der Waals surface area (Å²) in [7, 11) is 0. The van der Waals surface area contributed by atoms with E-state index in [0.29, 0.717) is 11.6 Å². The highest BCUT2D eigenvalue weighted by atomic mass is 35.5. The Hall–Kier alpha value is -2.70. The SMILES string of the molecule is CC(C)C1=CN(CCC(=O)O)C(=O)N[C@]1(C)c1ccc(CCC2(CN=[N+]=[N-])CC2)c(Cl)c1. The summed E-state index contributed by atoms with van der Waals surface area (Å²) in [5.74, 6) is -0.817. The first-order valence-electron chi connectivity index (χ1n) is 10.9. The van der Waals surface area contributed by atoms with Gasteiger partial charge in [-0.25, -0.2) is 4.79 Å². The van der Waals surface area contributed by atoms with Crippen molar-refractivity contribution in [3.05, 3.63) is 56.6 Å². The molecule has 2 aliphatic rings. The number of carbonyl (C=O) groups is 2. The normalized spacial score (nSPS) is 21.6. The molecular weight excluding hydrogens is 430 g/mol. The summed E-state index contributed by atoms with van der Waals surface area (Å²) in [5, 5.41) is 16.4. The first-order valence-corrected chi connectivity index (χ1v) is 11.3. The van der Waals surface area contributed by atoms with E-state index in [2.05, 4.69) is 15.3 Å². The maximum atomic E-state index is 12.7.